The predicted octanol–water partition coefficient (Wildman–Crippen LogP) is 5.08. The molecule has 0 fully saturated rings. The van der Waals surface area contributed by atoms with Gasteiger partial charge < -0.3 is 4.42 Å². The van der Waals surface area contributed by atoms with Crippen LogP contribution in [0.1, 0.15) is 5.56 Å². The maximum Gasteiger partial charge on any atom is 0.232 e. The Bertz CT molecular complexity index is 1150. The molecule has 0 atom stereocenters. The van der Waals surface area contributed by atoms with E-state index < -0.39 is 5.82 Å². The van der Waals surface area contributed by atoms with Gasteiger partial charge in [-0.1, -0.05) is 12.1 Å². The largest absolute Gasteiger partial charge is 0.466 e. The highest BCUT2D eigenvalue weighted by Crippen LogP contribution is 2.40. The van der Waals surface area contributed by atoms with Crippen molar-refractivity contribution >= 4 is 27.6 Å². The van der Waals surface area contributed by atoms with Gasteiger partial charge in [-0.3, -0.25) is 0 Å². The Morgan fingerprint density at radius 2 is 1.92 bits per heavy atom. The first kappa shape index (κ1) is 14.4. The third-order valence-corrected chi connectivity index (χ3v) is 4.33. The molecule has 4 rings (SSSR count). The lowest BCUT2D eigenvalue weighted by molar-refractivity contribution is -0.660. The Kier molecular flexibility index (Phi) is 3.10. The maximum absolute atomic E-state index is 13.9. The predicted molar refractivity (Wildman–Crippen MR) is 91.3 cm³/mol. The van der Waals surface area contributed by atoms with E-state index in [1.54, 1.807) is 0 Å². The van der Waals surface area contributed by atoms with Gasteiger partial charge in [0.2, 0.25) is 11.4 Å². The molecular weight excluding hydrogens is 303 g/mol. The molecule has 0 bridgehead atoms. The molecule has 2 aromatic carbocycles. The van der Waals surface area contributed by atoms with Crippen LogP contribution >= 0.6 is 0 Å². The molecule has 0 saturated carbocycles. The molecule has 4 heteroatoms. The molecule has 116 valence electrons. The van der Waals surface area contributed by atoms with Crippen molar-refractivity contribution in [2.75, 3.05) is 0 Å². The summed E-state index contributed by atoms with van der Waals surface area (Å²) in [5, 5.41) is 1.45. The van der Waals surface area contributed by atoms with Crippen LogP contribution in [0.25, 0.3) is 38.0 Å². The van der Waals surface area contributed by atoms with Gasteiger partial charge in [-0.05, 0) is 30.7 Å². The monoisotopic (exact) mass is 317 g/mol. The second-order valence-corrected chi connectivity index (χ2v) is 5.85. The number of benzene rings is 2. The van der Waals surface area contributed by atoms with E-state index in [1.807, 2.05) is 55.1 Å². The van der Waals surface area contributed by atoms with Gasteiger partial charge in [-0.2, -0.15) is 0 Å². The number of hydrogen-bond donors (Lipinski definition) is 0. The van der Waals surface area contributed by atoms with Crippen molar-refractivity contribution in [3.63, 3.8) is 0 Å². The lowest BCUT2D eigenvalue weighted by Gasteiger charge is -2.05. The molecule has 3 nitrogen and oxygen atoms in total. The Balaban J connectivity index is 2.20. The fraction of sp³-hybridized carbons (Fsp3) is 0.100. The lowest BCUT2D eigenvalue weighted by atomic mass is 10.0. The minimum absolute atomic E-state index is 0.197. The van der Waals surface area contributed by atoms with E-state index in [2.05, 4.69) is 4.85 Å². The zero-order valence-corrected chi connectivity index (χ0v) is 13.3. The number of pyridine rings is 1. The average Bonchev–Trinajstić information content (AvgIpc) is 2.93. The number of aryl methyl sites for hydroxylation is 2. The Morgan fingerprint density at radius 1 is 1.08 bits per heavy atom. The fourth-order valence-electron chi connectivity index (χ4n) is 3.17. The molecule has 0 radical (unpaired) electrons. The molecule has 0 aliphatic rings. The minimum atomic E-state index is -0.427. The summed E-state index contributed by atoms with van der Waals surface area (Å²) in [7, 11) is 1.97. The molecule has 2 aromatic heterocycles. The van der Waals surface area contributed by atoms with Crippen LogP contribution in [-0.4, -0.2) is 0 Å². The van der Waals surface area contributed by atoms with Crippen molar-refractivity contribution in [1.82, 2.24) is 0 Å². The number of fused-ring (bicyclic) bond motifs is 3. The smallest absolute Gasteiger partial charge is 0.232 e. The Hall–Kier alpha value is -3.19. The van der Waals surface area contributed by atoms with Gasteiger partial charge in [-0.25, -0.2) is 13.8 Å². The van der Waals surface area contributed by atoms with Gasteiger partial charge in [0.15, 0.2) is 6.20 Å². The molecule has 0 aliphatic heterocycles. The highest BCUT2D eigenvalue weighted by molar-refractivity contribution is 6.12. The number of rotatable bonds is 1. The summed E-state index contributed by atoms with van der Waals surface area (Å²) in [6, 6.07) is 12.5. The topological polar surface area (TPSA) is 21.4 Å². The third kappa shape index (κ3) is 1.99. The molecule has 0 unspecified atom stereocenters. The minimum Gasteiger partial charge on any atom is -0.466 e. The standard InChI is InChI=1S/C20H14FN2O/c1-12-7-8-14-15-10-13(21)11-16(22-2)19(15)24-20(14)18(12)17-6-4-5-9-23(17)3/h4-11H,1,3H3/q+1. The summed E-state index contributed by atoms with van der Waals surface area (Å²) in [6.45, 7) is 9.30. The highest BCUT2D eigenvalue weighted by Gasteiger charge is 2.21. The van der Waals surface area contributed by atoms with Gasteiger partial charge in [0.25, 0.3) is 0 Å². The van der Waals surface area contributed by atoms with E-state index in [-0.39, 0.29) is 5.69 Å². The summed E-state index contributed by atoms with van der Waals surface area (Å²) < 4.78 is 21.9. The first-order chi connectivity index (χ1) is 11.6. The van der Waals surface area contributed by atoms with Crippen molar-refractivity contribution in [3.05, 3.63) is 71.5 Å². The Labute approximate surface area is 138 Å². The molecular formula is C20H14FN2O+. The van der Waals surface area contributed by atoms with Crippen LogP contribution in [0, 0.1) is 19.3 Å². The van der Waals surface area contributed by atoms with E-state index in [1.165, 1.54) is 12.1 Å². The number of hydrogen-bond acceptors (Lipinski definition) is 1. The van der Waals surface area contributed by atoms with Crippen LogP contribution in [0.2, 0.25) is 0 Å². The second kappa shape index (κ2) is 5.17. The van der Waals surface area contributed by atoms with Crippen molar-refractivity contribution in [2.24, 2.45) is 7.05 Å². The number of furan rings is 1. The Morgan fingerprint density at radius 3 is 2.67 bits per heavy atom. The lowest BCUT2D eigenvalue weighted by Crippen LogP contribution is -2.30. The normalized spacial score (nSPS) is 11.1. The van der Waals surface area contributed by atoms with Gasteiger partial charge >= 0.3 is 0 Å². The molecule has 24 heavy (non-hydrogen) atoms. The third-order valence-electron chi connectivity index (χ3n) is 4.33. The first-order valence-electron chi connectivity index (χ1n) is 7.58. The number of aromatic nitrogens is 1. The average molecular weight is 317 g/mol. The van der Waals surface area contributed by atoms with Gasteiger partial charge in [-0.15, -0.1) is 0 Å². The number of halogens is 1. The summed E-state index contributed by atoms with van der Waals surface area (Å²) >= 11 is 0. The van der Waals surface area contributed by atoms with Crippen LogP contribution in [0.15, 0.2) is 53.1 Å². The van der Waals surface area contributed by atoms with Crippen LogP contribution in [0.5, 0.6) is 0 Å². The van der Waals surface area contributed by atoms with Crippen LogP contribution in [-0.2, 0) is 7.05 Å². The summed E-state index contributed by atoms with van der Waals surface area (Å²) in [5.74, 6) is -0.427. The zero-order valence-electron chi connectivity index (χ0n) is 13.3. The number of nitrogens with zero attached hydrogens (tertiary/aromatic N) is 2. The zero-order chi connectivity index (χ0) is 16.8. The van der Waals surface area contributed by atoms with E-state index in [0.717, 1.165) is 22.2 Å². The first-order valence-corrected chi connectivity index (χ1v) is 7.58. The van der Waals surface area contributed by atoms with Crippen molar-refractivity contribution < 1.29 is 13.4 Å². The highest BCUT2D eigenvalue weighted by atomic mass is 19.1. The van der Waals surface area contributed by atoms with Crippen molar-refractivity contribution in [3.8, 4) is 11.3 Å². The van der Waals surface area contributed by atoms with Gasteiger partial charge in [0, 0.05) is 22.9 Å². The van der Waals surface area contributed by atoms with E-state index in [9.17, 15) is 4.39 Å². The van der Waals surface area contributed by atoms with Crippen LogP contribution in [0.4, 0.5) is 10.1 Å². The van der Waals surface area contributed by atoms with Gasteiger partial charge in [0.05, 0.1) is 12.1 Å². The molecule has 0 spiro atoms. The summed E-state index contributed by atoms with van der Waals surface area (Å²) in [4.78, 5) is 3.41. The molecule has 0 aliphatic carbocycles. The van der Waals surface area contributed by atoms with Crippen LogP contribution in [0.3, 0.4) is 0 Å². The fourth-order valence-corrected chi connectivity index (χ4v) is 3.17. The second-order valence-electron chi connectivity index (χ2n) is 5.85. The summed E-state index contributed by atoms with van der Waals surface area (Å²) in [5.41, 5.74) is 4.34. The van der Waals surface area contributed by atoms with Crippen molar-refractivity contribution in [1.29, 1.82) is 0 Å². The SMILES string of the molecule is [C-]#[N+]c1cc(F)cc2c1oc1c(-c3cccc[n+]3C)c(C)ccc12. The molecule has 0 saturated heterocycles. The molecule has 4 aromatic rings. The van der Waals surface area contributed by atoms with E-state index in [0.29, 0.717) is 16.6 Å². The van der Waals surface area contributed by atoms with Crippen molar-refractivity contribution in [2.45, 2.75) is 6.92 Å². The van der Waals surface area contributed by atoms with Crippen LogP contribution < -0.4 is 4.57 Å². The maximum atomic E-state index is 13.9. The quantitative estimate of drug-likeness (QED) is 0.354. The summed E-state index contributed by atoms with van der Waals surface area (Å²) in [6.07, 6.45) is 1.97. The van der Waals surface area contributed by atoms with E-state index >= 15 is 0 Å². The molecule has 0 N–H and O–H groups in total. The van der Waals surface area contributed by atoms with E-state index in [4.69, 9.17) is 11.0 Å². The van der Waals surface area contributed by atoms with Gasteiger partial charge in [0.1, 0.15) is 24.0 Å². The molecule has 2 heterocycles. The molecule has 0 amide bonds.